The predicted molar refractivity (Wildman–Crippen MR) is 123 cm³/mol. The first-order chi connectivity index (χ1) is 15.5. The maximum atomic E-state index is 13.5. The molecule has 8 heteroatoms. The van der Waals surface area contributed by atoms with Gasteiger partial charge in [-0.1, -0.05) is 54.6 Å². The van der Waals surface area contributed by atoms with E-state index in [9.17, 15) is 18.3 Å². The standard InChI is InChI=1S/C24H19N3O4S/c28-22-17-10-4-6-12-19(17)27(15-14-16-8-2-1-3-9-16)24(29)21(22)23-25-18-11-5-7-13-20(18)32(30,31)26-23/h1-13,28H,14-15H2,(H,25,26). The van der Waals surface area contributed by atoms with Crippen LogP contribution in [-0.2, 0) is 23.0 Å². The van der Waals surface area contributed by atoms with Gasteiger partial charge in [0.05, 0.1) is 11.2 Å². The second kappa shape index (κ2) is 7.65. The number of aromatic nitrogens is 1. The number of sulfonamides is 1. The van der Waals surface area contributed by atoms with Crippen LogP contribution in [0.4, 0.5) is 5.69 Å². The van der Waals surface area contributed by atoms with Crippen LogP contribution in [0.5, 0.6) is 5.75 Å². The highest BCUT2D eigenvalue weighted by Crippen LogP contribution is 2.32. The zero-order chi connectivity index (χ0) is 22.3. The van der Waals surface area contributed by atoms with Crippen LogP contribution in [0.1, 0.15) is 11.1 Å². The SMILES string of the molecule is O=c1c(C2=Nc3ccccc3S(=O)(=O)N2)c(O)c2ccccc2n1CCc1ccccc1. The summed E-state index contributed by atoms with van der Waals surface area (Å²) >= 11 is 0. The predicted octanol–water partition coefficient (Wildman–Crippen LogP) is 3.32. The first-order valence-corrected chi connectivity index (χ1v) is 11.5. The van der Waals surface area contributed by atoms with Gasteiger partial charge in [-0.05, 0) is 36.2 Å². The quantitative estimate of drug-likeness (QED) is 0.503. The molecule has 1 aliphatic rings. The Labute approximate surface area is 184 Å². The largest absolute Gasteiger partial charge is 0.506 e. The van der Waals surface area contributed by atoms with Crippen LogP contribution in [-0.4, -0.2) is 23.9 Å². The van der Waals surface area contributed by atoms with Crippen molar-refractivity contribution in [3.05, 3.63) is 100 Å². The molecule has 160 valence electrons. The molecule has 1 aromatic heterocycles. The number of nitrogens with zero attached hydrogens (tertiary/aromatic N) is 2. The van der Waals surface area contributed by atoms with Crippen LogP contribution in [0, 0.1) is 0 Å². The highest BCUT2D eigenvalue weighted by molar-refractivity contribution is 7.90. The van der Waals surface area contributed by atoms with Gasteiger partial charge >= 0.3 is 0 Å². The molecule has 0 aliphatic carbocycles. The Kier molecular flexibility index (Phi) is 4.79. The van der Waals surface area contributed by atoms with Crippen molar-refractivity contribution >= 4 is 32.4 Å². The van der Waals surface area contributed by atoms with Crippen molar-refractivity contribution in [2.24, 2.45) is 4.99 Å². The fraction of sp³-hybridized carbons (Fsp3) is 0.0833. The Morgan fingerprint density at radius 2 is 1.59 bits per heavy atom. The maximum absolute atomic E-state index is 13.5. The summed E-state index contributed by atoms with van der Waals surface area (Å²) in [5, 5.41) is 11.4. The molecule has 0 amide bonds. The summed E-state index contributed by atoms with van der Waals surface area (Å²) in [5.74, 6) is -0.493. The van der Waals surface area contributed by atoms with Gasteiger partial charge in [0.25, 0.3) is 15.6 Å². The minimum absolute atomic E-state index is 0.0217. The third kappa shape index (κ3) is 3.34. The molecule has 0 bridgehead atoms. The number of para-hydroxylation sites is 2. The average molecular weight is 446 g/mol. The molecule has 0 saturated heterocycles. The molecule has 1 aliphatic heterocycles. The van der Waals surface area contributed by atoms with Gasteiger partial charge in [-0.25, -0.2) is 13.4 Å². The summed E-state index contributed by atoms with van der Waals surface area (Å²) in [6.07, 6.45) is 0.593. The van der Waals surface area contributed by atoms with Gasteiger partial charge in [-0.15, -0.1) is 0 Å². The van der Waals surface area contributed by atoms with Crippen molar-refractivity contribution in [2.75, 3.05) is 0 Å². The molecule has 2 heterocycles. The number of hydrogen-bond acceptors (Lipinski definition) is 5. The lowest BCUT2D eigenvalue weighted by molar-refractivity contribution is 0.477. The van der Waals surface area contributed by atoms with Crippen molar-refractivity contribution in [2.45, 2.75) is 17.9 Å². The van der Waals surface area contributed by atoms with E-state index in [1.165, 1.54) is 6.07 Å². The molecule has 0 unspecified atom stereocenters. The number of fused-ring (bicyclic) bond motifs is 2. The van der Waals surface area contributed by atoms with E-state index in [-0.39, 0.29) is 27.7 Å². The fourth-order valence-electron chi connectivity index (χ4n) is 3.92. The summed E-state index contributed by atoms with van der Waals surface area (Å²) in [7, 11) is -3.93. The van der Waals surface area contributed by atoms with E-state index in [2.05, 4.69) is 9.71 Å². The molecule has 3 aromatic carbocycles. The van der Waals surface area contributed by atoms with E-state index in [4.69, 9.17) is 0 Å². The normalized spacial score (nSPS) is 14.4. The van der Waals surface area contributed by atoms with Crippen molar-refractivity contribution < 1.29 is 13.5 Å². The van der Waals surface area contributed by atoms with Crippen LogP contribution in [0.3, 0.4) is 0 Å². The Bertz CT molecular complexity index is 1540. The monoisotopic (exact) mass is 445 g/mol. The van der Waals surface area contributed by atoms with Crippen molar-refractivity contribution in [1.82, 2.24) is 9.29 Å². The zero-order valence-electron chi connectivity index (χ0n) is 16.9. The van der Waals surface area contributed by atoms with E-state index in [1.807, 2.05) is 30.3 Å². The fourth-order valence-corrected chi connectivity index (χ4v) is 5.08. The first kappa shape index (κ1) is 20.0. The minimum Gasteiger partial charge on any atom is -0.506 e. The van der Waals surface area contributed by atoms with E-state index >= 15 is 0 Å². The molecular formula is C24H19N3O4S. The first-order valence-electron chi connectivity index (χ1n) is 10.0. The highest BCUT2D eigenvalue weighted by atomic mass is 32.2. The second-order valence-corrected chi connectivity index (χ2v) is 9.12. The van der Waals surface area contributed by atoms with Gasteiger partial charge < -0.3 is 9.67 Å². The van der Waals surface area contributed by atoms with Crippen molar-refractivity contribution in [3.63, 3.8) is 0 Å². The molecule has 32 heavy (non-hydrogen) atoms. The van der Waals surface area contributed by atoms with E-state index in [0.29, 0.717) is 23.9 Å². The molecule has 0 atom stereocenters. The Morgan fingerprint density at radius 1 is 0.906 bits per heavy atom. The number of aromatic hydroxyl groups is 1. The van der Waals surface area contributed by atoms with Crippen LogP contribution >= 0.6 is 0 Å². The summed E-state index contributed by atoms with van der Waals surface area (Å²) in [4.78, 5) is 17.9. The number of benzene rings is 3. The highest BCUT2D eigenvalue weighted by Gasteiger charge is 2.30. The molecular weight excluding hydrogens is 426 g/mol. The average Bonchev–Trinajstić information content (AvgIpc) is 2.79. The lowest BCUT2D eigenvalue weighted by Crippen LogP contribution is -2.39. The van der Waals surface area contributed by atoms with Crippen LogP contribution in [0.15, 0.2) is 93.5 Å². The second-order valence-electron chi connectivity index (χ2n) is 7.47. The Balaban J connectivity index is 1.71. The molecule has 0 saturated carbocycles. The summed E-state index contributed by atoms with van der Waals surface area (Å²) in [6.45, 7) is 0.354. The third-order valence-electron chi connectivity index (χ3n) is 5.47. The summed E-state index contributed by atoms with van der Waals surface area (Å²) in [5.41, 5.74) is 1.15. The van der Waals surface area contributed by atoms with Crippen molar-refractivity contribution in [3.8, 4) is 5.75 Å². The Morgan fingerprint density at radius 3 is 2.41 bits per heavy atom. The number of aliphatic imine (C=N–C) groups is 1. The number of nitrogens with one attached hydrogen (secondary N) is 1. The van der Waals surface area contributed by atoms with E-state index in [0.717, 1.165) is 5.56 Å². The number of aryl methyl sites for hydroxylation is 2. The topological polar surface area (TPSA) is 101 Å². The summed E-state index contributed by atoms with van der Waals surface area (Å²) < 4.78 is 29.4. The molecule has 0 fully saturated rings. The molecule has 5 rings (SSSR count). The van der Waals surface area contributed by atoms with Crippen LogP contribution in [0.25, 0.3) is 10.9 Å². The Hall–Kier alpha value is -3.91. The molecule has 4 aromatic rings. The molecule has 0 spiro atoms. The minimum atomic E-state index is -3.93. The number of hydrogen-bond donors (Lipinski definition) is 2. The third-order valence-corrected chi connectivity index (χ3v) is 6.85. The smallest absolute Gasteiger partial charge is 0.265 e. The van der Waals surface area contributed by atoms with Crippen molar-refractivity contribution in [1.29, 1.82) is 0 Å². The maximum Gasteiger partial charge on any atom is 0.265 e. The lowest BCUT2D eigenvalue weighted by atomic mass is 10.1. The number of amidine groups is 1. The lowest BCUT2D eigenvalue weighted by Gasteiger charge is -2.20. The van der Waals surface area contributed by atoms with E-state index < -0.39 is 15.6 Å². The van der Waals surface area contributed by atoms with Gasteiger partial charge in [0, 0.05) is 11.9 Å². The molecule has 2 N–H and O–H groups in total. The summed E-state index contributed by atoms with van der Waals surface area (Å²) in [6, 6.07) is 23.0. The molecule has 0 radical (unpaired) electrons. The van der Waals surface area contributed by atoms with Gasteiger partial charge in [0.1, 0.15) is 16.2 Å². The van der Waals surface area contributed by atoms with Gasteiger partial charge in [-0.3, -0.25) is 9.52 Å². The van der Waals surface area contributed by atoms with Crippen LogP contribution in [0.2, 0.25) is 0 Å². The molecule has 7 nitrogen and oxygen atoms in total. The van der Waals surface area contributed by atoms with Gasteiger partial charge in [0.15, 0.2) is 5.84 Å². The number of rotatable bonds is 4. The van der Waals surface area contributed by atoms with Gasteiger partial charge in [-0.2, -0.15) is 0 Å². The van der Waals surface area contributed by atoms with E-state index in [1.54, 1.807) is 47.0 Å². The van der Waals surface area contributed by atoms with Gasteiger partial charge in [0.2, 0.25) is 0 Å². The zero-order valence-corrected chi connectivity index (χ0v) is 17.7. The number of pyridine rings is 1. The van der Waals surface area contributed by atoms with Crippen LogP contribution < -0.4 is 10.3 Å².